The number of aldehydes is 1. The maximum atomic E-state index is 12.2. The highest BCUT2D eigenvalue weighted by atomic mass is 127. The van der Waals surface area contributed by atoms with E-state index in [1.165, 1.54) is 0 Å². The van der Waals surface area contributed by atoms with E-state index in [4.69, 9.17) is 0 Å². The van der Waals surface area contributed by atoms with E-state index in [9.17, 15) is 18.0 Å². The maximum Gasteiger partial charge on any atom is 0.417 e. The third-order valence-corrected chi connectivity index (χ3v) is 2.22. The summed E-state index contributed by atoms with van der Waals surface area (Å²) in [6, 6.07) is 0.784. The topological polar surface area (TPSA) is 30.0 Å². The summed E-state index contributed by atoms with van der Waals surface area (Å²) in [4.78, 5) is 13.9. The van der Waals surface area contributed by atoms with E-state index in [0.717, 1.165) is 12.3 Å². The first-order valence-electron chi connectivity index (χ1n) is 3.13. The third-order valence-electron chi connectivity index (χ3n) is 1.36. The summed E-state index contributed by atoms with van der Waals surface area (Å²) in [5.41, 5.74) is -1.35. The summed E-state index contributed by atoms with van der Waals surface area (Å²) in [5, 5.41) is 0. The summed E-state index contributed by atoms with van der Waals surface area (Å²) in [5.74, 6) is 0. The van der Waals surface area contributed by atoms with E-state index < -0.39 is 17.3 Å². The molecule has 0 unspecified atom stereocenters. The molecule has 0 saturated carbocycles. The fraction of sp³-hybridized carbons (Fsp3) is 0.143. The Hall–Kier alpha value is -0.660. The van der Waals surface area contributed by atoms with Crippen molar-refractivity contribution in [2.45, 2.75) is 6.18 Å². The molecule has 0 aliphatic carbocycles. The molecule has 1 heterocycles. The number of hydrogen-bond acceptors (Lipinski definition) is 2. The van der Waals surface area contributed by atoms with Crippen molar-refractivity contribution in [2.24, 2.45) is 0 Å². The van der Waals surface area contributed by atoms with E-state index in [-0.39, 0.29) is 9.99 Å². The molecule has 0 aliphatic rings. The highest BCUT2D eigenvalue weighted by molar-refractivity contribution is 14.1. The van der Waals surface area contributed by atoms with Crippen molar-refractivity contribution in [2.75, 3.05) is 0 Å². The molecule has 0 bridgehead atoms. The molecule has 0 aromatic carbocycles. The lowest BCUT2D eigenvalue weighted by molar-refractivity contribution is -0.137. The lowest BCUT2D eigenvalue weighted by Crippen LogP contribution is -2.10. The van der Waals surface area contributed by atoms with Crippen LogP contribution in [0.3, 0.4) is 0 Å². The van der Waals surface area contributed by atoms with E-state index in [1.54, 1.807) is 22.6 Å². The van der Waals surface area contributed by atoms with Crippen LogP contribution < -0.4 is 0 Å². The quantitative estimate of drug-likeness (QED) is 0.453. The van der Waals surface area contributed by atoms with Crippen LogP contribution in [0, 0.1) is 3.70 Å². The Balaban J connectivity index is 3.37. The Bertz CT molecular complexity index is 337. The van der Waals surface area contributed by atoms with E-state index >= 15 is 0 Å². The molecule has 0 spiro atoms. The Morgan fingerprint density at radius 3 is 2.46 bits per heavy atom. The van der Waals surface area contributed by atoms with Crippen LogP contribution in [0.2, 0.25) is 0 Å². The van der Waals surface area contributed by atoms with Gasteiger partial charge in [-0.3, -0.25) is 4.79 Å². The Kier molecular flexibility index (Phi) is 2.89. The van der Waals surface area contributed by atoms with Gasteiger partial charge in [-0.1, -0.05) is 0 Å². The number of nitrogens with zero attached hydrogens (tertiary/aromatic N) is 1. The minimum atomic E-state index is -4.50. The van der Waals surface area contributed by atoms with Crippen molar-refractivity contribution in [1.82, 2.24) is 4.98 Å². The first-order chi connectivity index (χ1) is 5.96. The lowest BCUT2D eigenvalue weighted by Gasteiger charge is -2.08. The molecule has 70 valence electrons. The van der Waals surface area contributed by atoms with Crippen LogP contribution in [-0.2, 0) is 6.18 Å². The van der Waals surface area contributed by atoms with Gasteiger partial charge in [0, 0.05) is 6.20 Å². The van der Waals surface area contributed by atoms with Crippen molar-refractivity contribution in [3.8, 4) is 0 Å². The summed E-state index contributed by atoms with van der Waals surface area (Å²) in [7, 11) is 0. The largest absolute Gasteiger partial charge is 0.417 e. The Morgan fingerprint density at radius 1 is 1.46 bits per heavy atom. The van der Waals surface area contributed by atoms with E-state index in [1.807, 2.05) is 0 Å². The van der Waals surface area contributed by atoms with Gasteiger partial charge in [0.05, 0.1) is 11.1 Å². The van der Waals surface area contributed by atoms with Gasteiger partial charge in [0.1, 0.15) is 3.70 Å². The molecule has 0 radical (unpaired) electrons. The molecule has 6 heteroatoms. The SMILES string of the molecule is O=Cc1c(C(F)(F)F)ccnc1I. The first kappa shape index (κ1) is 10.4. The van der Waals surface area contributed by atoms with Gasteiger partial charge in [0.15, 0.2) is 6.29 Å². The average molecular weight is 301 g/mol. The van der Waals surface area contributed by atoms with E-state index in [2.05, 4.69) is 4.98 Å². The number of carbonyl (C=O) groups is 1. The molecule has 0 atom stereocenters. The minimum absolute atomic E-state index is 0.0578. The van der Waals surface area contributed by atoms with E-state index in [0.29, 0.717) is 0 Å². The monoisotopic (exact) mass is 301 g/mol. The third kappa shape index (κ3) is 2.17. The Labute approximate surface area is 85.3 Å². The fourth-order valence-electron chi connectivity index (χ4n) is 0.807. The summed E-state index contributed by atoms with van der Waals surface area (Å²) in [6.07, 6.45) is -3.31. The average Bonchev–Trinajstić information content (AvgIpc) is 2.02. The zero-order valence-corrected chi connectivity index (χ0v) is 8.26. The second-order valence-electron chi connectivity index (χ2n) is 2.18. The van der Waals surface area contributed by atoms with Gasteiger partial charge in [-0.2, -0.15) is 13.2 Å². The molecule has 1 aromatic rings. The van der Waals surface area contributed by atoms with Crippen LogP contribution in [0.25, 0.3) is 0 Å². The number of aromatic nitrogens is 1. The van der Waals surface area contributed by atoms with Gasteiger partial charge in [0.2, 0.25) is 0 Å². The highest BCUT2D eigenvalue weighted by Gasteiger charge is 2.34. The molecular formula is C7H3F3INO. The molecule has 13 heavy (non-hydrogen) atoms. The van der Waals surface area contributed by atoms with Gasteiger partial charge in [-0.25, -0.2) is 4.98 Å². The number of carbonyl (C=O) groups excluding carboxylic acids is 1. The summed E-state index contributed by atoms with van der Waals surface area (Å²) < 4.78 is 36.7. The van der Waals surface area contributed by atoms with Crippen LogP contribution in [0.4, 0.5) is 13.2 Å². The van der Waals surface area contributed by atoms with Gasteiger partial charge < -0.3 is 0 Å². The zero-order chi connectivity index (χ0) is 10.1. The smallest absolute Gasteiger partial charge is 0.298 e. The van der Waals surface area contributed by atoms with Gasteiger partial charge in [-0.05, 0) is 28.7 Å². The van der Waals surface area contributed by atoms with Crippen molar-refractivity contribution in [3.63, 3.8) is 0 Å². The van der Waals surface area contributed by atoms with Gasteiger partial charge in [0.25, 0.3) is 0 Å². The van der Waals surface area contributed by atoms with Crippen molar-refractivity contribution in [3.05, 3.63) is 27.1 Å². The molecular weight excluding hydrogens is 298 g/mol. The molecule has 0 saturated heterocycles. The standard InChI is InChI=1S/C7H3F3INO/c8-7(9,10)5-1-2-12-6(11)4(5)3-13/h1-3H. The molecule has 0 N–H and O–H groups in total. The number of hydrogen-bond donors (Lipinski definition) is 0. The number of alkyl halides is 3. The number of rotatable bonds is 1. The minimum Gasteiger partial charge on any atom is -0.298 e. The lowest BCUT2D eigenvalue weighted by atomic mass is 10.1. The summed E-state index contributed by atoms with van der Waals surface area (Å²) >= 11 is 1.58. The highest BCUT2D eigenvalue weighted by Crippen LogP contribution is 2.32. The predicted molar refractivity (Wildman–Crippen MR) is 47.3 cm³/mol. The van der Waals surface area contributed by atoms with Crippen molar-refractivity contribution >= 4 is 28.9 Å². The van der Waals surface area contributed by atoms with Crippen LogP contribution in [0.1, 0.15) is 15.9 Å². The van der Waals surface area contributed by atoms with Gasteiger partial charge in [-0.15, -0.1) is 0 Å². The summed E-state index contributed by atoms with van der Waals surface area (Å²) in [6.45, 7) is 0. The number of pyridine rings is 1. The zero-order valence-electron chi connectivity index (χ0n) is 6.10. The Morgan fingerprint density at radius 2 is 2.08 bits per heavy atom. The fourth-order valence-corrected chi connectivity index (χ4v) is 1.39. The van der Waals surface area contributed by atoms with Crippen LogP contribution in [0.15, 0.2) is 12.3 Å². The van der Waals surface area contributed by atoms with Gasteiger partial charge >= 0.3 is 6.18 Å². The van der Waals surface area contributed by atoms with Crippen LogP contribution >= 0.6 is 22.6 Å². The molecule has 0 fully saturated rings. The molecule has 0 amide bonds. The maximum absolute atomic E-state index is 12.2. The molecule has 1 aromatic heterocycles. The first-order valence-corrected chi connectivity index (χ1v) is 4.21. The normalized spacial score (nSPS) is 11.4. The molecule has 0 aliphatic heterocycles. The number of halogens is 4. The van der Waals surface area contributed by atoms with Crippen molar-refractivity contribution < 1.29 is 18.0 Å². The molecule has 1 rings (SSSR count). The molecule has 2 nitrogen and oxygen atoms in total. The second-order valence-corrected chi connectivity index (χ2v) is 3.20. The van der Waals surface area contributed by atoms with Crippen molar-refractivity contribution in [1.29, 1.82) is 0 Å². The van der Waals surface area contributed by atoms with Crippen LogP contribution in [0.5, 0.6) is 0 Å². The second kappa shape index (κ2) is 3.60. The predicted octanol–water partition coefficient (Wildman–Crippen LogP) is 2.52. The van der Waals surface area contributed by atoms with Crippen LogP contribution in [-0.4, -0.2) is 11.3 Å².